The Morgan fingerprint density at radius 3 is 2.78 bits per heavy atom. The summed E-state index contributed by atoms with van der Waals surface area (Å²) in [6, 6.07) is 0.0356. The summed E-state index contributed by atoms with van der Waals surface area (Å²) in [4.78, 5) is 13.0. The van der Waals surface area contributed by atoms with Crippen LogP contribution in [-0.4, -0.2) is 19.9 Å². The maximum atomic E-state index is 5.61. The minimum Gasteiger partial charge on any atom is -0.388 e. The molecule has 1 atom stereocenters. The minimum absolute atomic E-state index is 0.0356. The molecule has 1 unspecified atom stereocenters. The van der Waals surface area contributed by atoms with Crippen LogP contribution >= 0.6 is 23.6 Å². The second kappa shape index (κ2) is 5.36. The van der Waals surface area contributed by atoms with Crippen LogP contribution in [-0.2, 0) is 0 Å². The number of hydrogen-bond acceptors (Lipinski definition) is 6. The first-order valence-corrected chi connectivity index (χ1v) is 6.66. The van der Waals surface area contributed by atoms with Gasteiger partial charge in [-0.1, -0.05) is 12.2 Å². The van der Waals surface area contributed by atoms with E-state index in [2.05, 4.69) is 20.3 Å². The van der Waals surface area contributed by atoms with Crippen LogP contribution in [0.2, 0.25) is 0 Å². The van der Waals surface area contributed by atoms with E-state index in [1.165, 1.54) is 0 Å². The number of thiazole rings is 1. The third-order valence-electron chi connectivity index (χ3n) is 2.29. The number of aromatic nitrogens is 3. The molecule has 0 radical (unpaired) electrons. The van der Waals surface area contributed by atoms with Crippen molar-refractivity contribution in [2.24, 2.45) is 5.73 Å². The van der Waals surface area contributed by atoms with Gasteiger partial charge in [-0.2, -0.15) is 0 Å². The van der Waals surface area contributed by atoms with Gasteiger partial charge in [0.2, 0.25) is 0 Å². The van der Waals surface area contributed by atoms with Crippen LogP contribution in [0, 0.1) is 6.92 Å². The van der Waals surface area contributed by atoms with E-state index in [1.807, 2.05) is 19.2 Å². The van der Waals surface area contributed by atoms with Gasteiger partial charge >= 0.3 is 0 Å². The van der Waals surface area contributed by atoms with Crippen LogP contribution in [0.1, 0.15) is 29.4 Å². The molecule has 5 nitrogen and oxygen atoms in total. The average Bonchev–Trinajstić information content (AvgIpc) is 2.76. The van der Waals surface area contributed by atoms with Gasteiger partial charge in [0.25, 0.3) is 0 Å². The van der Waals surface area contributed by atoms with E-state index < -0.39 is 0 Å². The Labute approximate surface area is 114 Å². The van der Waals surface area contributed by atoms with Crippen molar-refractivity contribution in [1.82, 2.24) is 15.0 Å². The van der Waals surface area contributed by atoms with Gasteiger partial charge in [0.05, 0.1) is 6.04 Å². The highest BCUT2D eigenvalue weighted by molar-refractivity contribution is 7.80. The molecule has 2 rings (SSSR count). The first-order valence-electron chi connectivity index (χ1n) is 5.37. The number of nitrogens with two attached hydrogens (primary N) is 1. The lowest BCUT2D eigenvalue weighted by Gasteiger charge is -2.13. The molecule has 0 bridgehead atoms. The van der Waals surface area contributed by atoms with Gasteiger partial charge in [0.15, 0.2) is 5.82 Å². The Morgan fingerprint density at radius 1 is 1.44 bits per heavy atom. The van der Waals surface area contributed by atoms with Gasteiger partial charge in [-0.15, -0.1) is 11.3 Å². The second-order valence-corrected chi connectivity index (χ2v) is 5.14. The van der Waals surface area contributed by atoms with Crippen molar-refractivity contribution < 1.29 is 0 Å². The zero-order chi connectivity index (χ0) is 13.1. The van der Waals surface area contributed by atoms with E-state index >= 15 is 0 Å². The molecule has 0 aromatic carbocycles. The van der Waals surface area contributed by atoms with Crippen molar-refractivity contribution in [3.63, 3.8) is 0 Å². The fourth-order valence-corrected chi connectivity index (χ4v) is 2.41. The summed E-state index contributed by atoms with van der Waals surface area (Å²) in [6.07, 6.45) is 3.17. The second-order valence-electron chi connectivity index (χ2n) is 3.81. The number of nitrogens with one attached hydrogen (secondary N) is 1. The maximum Gasteiger partial charge on any atom is 0.155 e. The lowest BCUT2D eigenvalue weighted by molar-refractivity contribution is 0.852. The number of rotatable bonds is 4. The van der Waals surface area contributed by atoms with Crippen molar-refractivity contribution in [2.45, 2.75) is 19.9 Å². The molecule has 0 aliphatic rings. The lowest BCUT2D eigenvalue weighted by atomic mass is 10.3. The first kappa shape index (κ1) is 12.8. The van der Waals surface area contributed by atoms with Gasteiger partial charge in [-0.3, -0.25) is 0 Å². The molecule has 0 aliphatic carbocycles. The molecular weight excluding hydrogens is 266 g/mol. The quantitative estimate of drug-likeness (QED) is 0.834. The summed E-state index contributed by atoms with van der Waals surface area (Å²) < 4.78 is 0. The summed E-state index contributed by atoms with van der Waals surface area (Å²) >= 11 is 6.55. The van der Waals surface area contributed by atoms with Crippen molar-refractivity contribution in [2.75, 3.05) is 5.32 Å². The highest BCUT2D eigenvalue weighted by Gasteiger charge is 2.14. The zero-order valence-electron chi connectivity index (χ0n) is 10.0. The molecule has 94 valence electrons. The van der Waals surface area contributed by atoms with Gasteiger partial charge < -0.3 is 11.1 Å². The predicted molar refractivity (Wildman–Crippen MR) is 76.8 cm³/mol. The molecule has 2 aromatic rings. The Kier molecular flexibility index (Phi) is 3.83. The molecule has 0 aliphatic heterocycles. The minimum atomic E-state index is 0.0356. The van der Waals surface area contributed by atoms with E-state index in [0.717, 1.165) is 10.7 Å². The normalized spacial score (nSPS) is 12.1. The summed E-state index contributed by atoms with van der Waals surface area (Å²) in [7, 11) is 0. The van der Waals surface area contributed by atoms with Gasteiger partial charge in [0, 0.05) is 23.5 Å². The largest absolute Gasteiger partial charge is 0.388 e. The number of hydrogen-bond donors (Lipinski definition) is 2. The first-order chi connectivity index (χ1) is 8.58. The van der Waals surface area contributed by atoms with Gasteiger partial charge in [0.1, 0.15) is 15.7 Å². The van der Waals surface area contributed by atoms with Crippen molar-refractivity contribution >= 4 is 34.4 Å². The van der Waals surface area contributed by atoms with Crippen LogP contribution in [0.25, 0.3) is 0 Å². The Hall–Kier alpha value is -1.60. The molecule has 18 heavy (non-hydrogen) atoms. The van der Waals surface area contributed by atoms with Crippen LogP contribution < -0.4 is 11.1 Å². The third kappa shape index (κ3) is 2.80. The molecule has 2 aromatic heterocycles. The standard InChI is InChI=1S/C11H13N5S2/c1-6-5-18-11(15-6)7(2)16-10-8(9(12)17)13-3-4-14-10/h3-5,7H,1-2H3,(H2,12,17)(H,14,16). The lowest BCUT2D eigenvalue weighted by Crippen LogP contribution is -2.17. The van der Waals surface area contributed by atoms with E-state index in [0.29, 0.717) is 11.5 Å². The molecule has 2 heterocycles. The van der Waals surface area contributed by atoms with Crippen LogP contribution in [0.3, 0.4) is 0 Å². The summed E-state index contributed by atoms with van der Waals surface area (Å²) in [5.74, 6) is 0.588. The molecule has 0 saturated heterocycles. The topological polar surface area (TPSA) is 76.7 Å². The summed E-state index contributed by atoms with van der Waals surface area (Å²) in [6.45, 7) is 3.98. The molecule has 0 fully saturated rings. The highest BCUT2D eigenvalue weighted by Crippen LogP contribution is 2.22. The van der Waals surface area contributed by atoms with Gasteiger partial charge in [-0.25, -0.2) is 15.0 Å². The molecule has 0 amide bonds. The fourth-order valence-electron chi connectivity index (χ4n) is 1.46. The monoisotopic (exact) mass is 279 g/mol. The molecule has 3 N–H and O–H groups in total. The average molecular weight is 279 g/mol. The Balaban J connectivity index is 2.21. The predicted octanol–water partition coefficient (Wildman–Crippen LogP) is 2.05. The van der Waals surface area contributed by atoms with Crippen molar-refractivity contribution in [3.05, 3.63) is 34.2 Å². The summed E-state index contributed by atoms with van der Waals surface area (Å²) in [5, 5.41) is 6.23. The van der Waals surface area contributed by atoms with E-state index in [-0.39, 0.29) is 11.0 Å². The van der Waals surface area contributed by atoms with Crippen molar-refractivity contribution in [1.29, 1.82) is 0 Å². The third-order valence-corrected chi connectivity index (χ3v) is 3.63. The number of nitrogens with zero attached hydrogens (tertiary/aromatic N) is 3. The van der Waals surface area contributed by atoms with Crippen LogP contribution in [0.5, 0.6) is 0 Å². The van der Waals surface area contributed by atoms with Crippen LogP contribution in [0.4, 0.5) is 5.82 Å². The van der Waals surface area contributed by atoms with Crippen molar-refractivity contribution in [3.8, 4) is 0 Å². The number of thiocarbonyl (C=S) groups is 1. The number of aryl methyl sites for hydroxylation is 1. The van der Waals surface area contributed by atoms with E-state index in [9.17, 15) is 0 Å². The van der Waals surface area contributed by atoms with E-state index in [1.54, 1.807) is 23.7 Å². The van der Waals surface area contributed by atoms with E-state index in [4.69, 9.17) is 18.0 Å². The Morgan fingerprint density at radius 2 is 2.17 bits per heavy atom. The molecule has 0 saturated carbocycles. The van der Waals surface area contributed by atoms with Crippen LogP contribution in [0.15, 0.2) is 17.8 Å². The molecular formula is C11H13N5S2. The highest BCUT2D eigenvalue weighted by atomic mass is 32.1. The summed E-state index contributed by atoms with van der Waals surface area (Å²) in [5.41, 5.74) is 7.13. The molecule has 7 heteroatoms. The van der Waals surface area contributed by atoms with Gasteiger partial charge in [-0.05, 0) is 13.8 Å². The fraction of sp³-hybridized carbons (Fsp3) is 0.273. The zero-order valence-corrected chi connectivity index (χ0v) is 11.7. The smallest absolute Gasteiger partial charge is 0.155 e. The SMILES string of the molecule is Cc1csc(C(C)Nc2nccnc2C(N)=S)n1. The Bertz CT molecular complexity index is 566. The molecule has 0 spiro atoms. The number of anilines is 1. The maximum absolute atomic E-state index is 5.61.